The first-order valence-electron chi connectivity index (χ1n) is 10.5. The van der Waals surface area contributed by atoms with Crippen LogP contribution in [0.2, 0.25) is 0 Å². The summed E-state index contributed by atoms with van der Waals surface area (Å²) >= 11 is 0. The molecule has 0 unspecified atom stereocenters. The normalized spacial score (nSPS) is 11.1. The van der Waals surface area contributed by atoms with Crippen LogP contribution in [0.15, 0.2) is 59.5 Å². The van der Waals surface area contributed by atoms with E-state index in [9.17, 15) is 14.9 Å². The summed E-state index contributed by atoms with van der Waals surface area (Å²) in [7, 11) is 1.24. The van der Waals surface area contributed by atoms with Crippen molar-refractivity contribution in [3.63, 3.8) is 0 Å². The average Bonchev–Trinajstić information content (AvgIpc) is 3.43. The zero-order valence-corrected chi connectivity index (χ0v) is 18.4. The van der Waals surface area contributed by atoms with Crippen molar-refractivity contribution in [1.82, 2.24) is 24.1 Å². The van der Waals surface area contributed by atoms with Crippen molar-refractivity contribution in [2.75, 3.05) is 12.8 Å². The summed E-state index contributed by atoms with van der Waals surface area (Å²) in [6.07, 6.45) is 1.48. The summed E-state index contributed by atoms with van der Waals surface area (Å²) in [5, 5.41) is 19.1. The first-order valence-corrected chi connectivity index (χ1v) is 10.5. The molecular formula is C24H19N7O3. The van der Waals surface area contributed by atoms with E-state index < -0.39 is 5.97 Å². The fourth-order valence-corrected chi connectivity index (χ4v) is 4.04. The van der Waals surface area contributed by atoms with E-state index in [1.165, 1.54) is 22.7 Å². The van der Waals surface area contributed by atoms with Crippen molar-refractivity contribution < 1.29 is 9.53 Å². The van der Waals surface area contributed by atoms with E-state index in [1.807, 2.05) is 43.3 Å². The number of nitrogens with zero attached hydrogens (tertiary/aromatic N) is 6. The highest BCUT2D eigenvalue weighted by atomic mass is 16.5. The lowest BCUT2D eigenvalue weighted by molar-refractivity contribution is 0.0593. The van der Waals surface area contributed by atoms with E-state index in [4.69, 9.17) is 10.5 Å². The van der Waals surface area contributed by atoms with E-state index in [0.717, 1.165) is 5.39 Å². The maximum atomic E-state index is 13.4. The molecule has 0 radical (unpaired) electrons. The largest absolute Gasteiger partial charge is 0.464 e. The van der Waals surface area contributed by atoms with Crippen molar-refractivity contribution in [3.8, 4) is 17.4 Å². The smallest absolute Gasteiger partial charge is 0.357 e. The lowest BCUT2D eigenvalue weighted by Crippen LogP contribution is -2.25. The van der Waals surface area contributed by atoms with Gasteiger partial charge in [-0.2, -0.15) is 5.26 Å². The Labute approximate surface area is 193 Å². The Bertz CT molecular complexity index is 1670. The van der Waals surface area contributed by atoms with Crippen molar-refractivity contribution in [3.05, 3.63) is 76.3 Å². The van der Waals surface area contributed by atoms with Gasteiger partial charge in [-0.1, -0.05) is 18.2 Å². The van der Waals surface area contributed by atoms with Gasteiger partial charge in [0.1, 0.15) is 17.1 Å². The highest BCUT2D eigenvalue weighted by Crippen LogP contribution is 2.27. The highest BCUT2D eigenvalue weighted by molar-refractivity contribution is 5.96. The van der Waals surface area contributed by atoms with Gasteiger partial charge in [-0.05, 0) is 37.3 Å². The number of benzene rings is 2. The third-order valence-electron chi connectivity index (χ3n) is 5.70. The van der Waals surface area contributed by atoms with Crippen LogP contribution in [-0.2, 0) is 11.3 Å². The van der Waals surface area contributed by atoms with Crippen LogP contribution in [0.4, 0.5) is 5.69 Å². The Hall–Kier alpha value is -4.91. The molecule has 0 aliphatic heterocycles. The standard InChI is InChI=1S/C24H19N7O3/c1-3-29-19-11-16(30-13-15(12-25)21(26)22(30)24(33)34-2)9-8-14(19)10-20(23(29)32)31-27-17-6-4-5-7-18(17)28-31/h4-11,13H,3,26H2,1-2H3. The Balaban J connectivity index is 1.73. The first-order chi connectivity index (χ1) is 16.5. The number of nitriles is 1. The van der Waals surface area contributed by atoms with Crippen LogP contribution in [0, 0.1) is 11.3 Å². The number of rotatable bonds is 4. The van der Waals surface area contributed by atoms with Gasteiger partial charge in [0.05, 0.1) is 23.9 Å². The number of aryl methyl sites for hydroxylation is 1. The number of methoxy groups -OCH3 is 1. The number of esters is 1. The zero-order chi connectivity index (χ0) is 24.0. The molecule has 0 amide bonds. The van der Waals surface area contributed by atoms with Gasteiger partial charge in [0.25, 0.3) is 5.56 Å². The molecule has 34 heavy (non-hydrogen) atoms. The molecule has 0 aliphatic carbocycles. The molecule has 5 aromatic rings. The van der Waals surface area contributed by atoms with Crippen molar-refractivity contribution in [2.24, 2.45) is 0 Å². The van der Waals surface area contributed by atoms with Gasteiger partial charge in [-0.3, -0.25) is 4.79 Å². The zero-order valence-electron chi connectivity index (χ0n) is 18.4. The molecule has 0 aliphatic rings. The summed E-state index contributed by atoms with van der Waals surface area (Å²) in [6, 6.07) is 16.5. The number of carbonyl (C=O) groups is 1. The minimum atomic E-state index is -0.667. The molecule has 10 heteroatoms. The van der Waals surface area contributed by atoms with Crippen LogP contribution in [0.5, 0.6) is 0 Å². The summed E-state index contributed by atoms with van der Waals surface area (Å²) in [6.45, 7) is 2.26. The maximum absolute atomic E-state index is 13.4. The number of pyridine rings is 1. The molecule has 2 aromatic carbocycles. The Kier molecular flexibility index (Phi) is 4.87. The second-order valence-corrected chi connectivity index (χ2v) is 7.58. The van der Waals surface area contributed by atoms with Crippen molar-refractivity contribution >= 4 is 33.6 Å². The Morgan fingerprint density at radius 3 is 2.47 bits per heavy atom. The summed E-state index contributed by atoms with van der Waals surface area (Å²) in [4.78, 5) is 27.1. The molecule has 168 valence electrons. The van der Waals surface area contributed by atoms with E-state index in [-0.39, 0.29) is 22.5 Å². The minimum absolute atomic E-state index is 0.0366. The first kappa shape index (κ1) is 21.0. The second kappa shape index (κ2) is 7.90. The Morgan fingerprint density at radius 2 is 1.85 bits per heavy atom. The number of fused-ring (bicyclic) bond motifs is 2. The van der Waals surface area contributed by atoms with E-state index in [0.29, 0.717) is 34.5 Å². The molecule has 3 heterocycles. The summed E-state index contributed by atoms with van der Waals surface area (Å²) in [5.74, 6) is -0.667. The van der Waals surface area contributed by atoms with Gasteiger partial charge >= 0.3 is 5.97 Å². The van der Waals surface area contributed by atoms with E-state index in [2.05, 4.69) is 10.2 Å². The summed E-state index contributed by atoms with van der Waals surface area (Å²) < 4.78 is 7.97. The number of ether oxygens (including phenoxy) is 1. The number of hydrogen-bond donors (Lipinski definition) is 1. The van der Waals surface area contributed by atoms with Gasteiger partial charge in [-0.15, -0.1) is 15.0 Å². The molecule has 0 fully saturated rings. The van der Waals surface area contributed by atoms with Crippen LogP contribution >= 0.6 is 0 Å². The fraction of sp³-hybridized carbons (Fsp3) is 0.125. The molecule has 3 aromatic heterocycles. The third kappa shape index (κ3) is 3.10. The van der Waals surface area contributed by atoms with Crippen molar-refractivity contribution in [2.45, 2.75) is 13.5 Å². The lowest BCUT2D eigenvalue weighted by Gasteiger charge is -2.14. The molecule has 2 N–H and O–H groups in total. The number of anilines is 1. The van der Waals surface area contributed by atoms with Crippen LogP contribution in [0.1, 0.15) is 23.0 Å². The highest BCUT2D eigenvalue weighted by Gasteiger charge is 2.22. The molecule has 5 rings (SSSR count). The fourth-order valence-electron chi connectivity index (χ4n) is 4.04. The quantitative estimate of drug-likeness (QED) is 0.414. The van der Waals surface area contributed by atoms with Crippen LogP contribution < -0.4 is 11.3 Å². The van der Waals surface area contributed by atoms with Gasteiger partial charge < -0.3 is 19.6 Å². The molecule has 0 spiro atoms. The van der Waals surface area contributed by atoms with Gasteiger partial charge in [0, 0.05) is 23.8 Å². The van der Waals surface area contributed by atoms with Gasteiger partial charge in [0.2, 0.25) is 0 Å². The van der Waals surface area contributed by atoms with Gasteiger partial charge in [-0.25, -0.2) is 4.79 Å². The predicted molar refractivity (Wildman–Crippen MR) is 126 cm³/mol. The molecule has 0 atom stereocenters. The predicted octanol–water partition coefficient (Wildman–Crippen LogP) is 2.79. The molecule has 0 bridgehead atoms. The molecule has 0 saturated carbocycles. The molecule has 10 nitrogen and oxygen atoms in total. The van der Waals surface area contributed by atoms with E-state index >= 15 is 0 Å². The monoisotopic (exact) mass is 453 g/mol. The minimum Gasteiger partial charge on any atom is -0.464 e. The third-order valence-corrected chi connectivity index (χ3v) is 5.70. The number of nitrogen functional groups attached to an aromatic ring is 1. The SMILES string of the molecule is CCn1c(=O)c(-n2nc3ccccc3n2)cc2ccc(-n3cc(C#N)c(N)c3C(=O)OC)cc21. The number of carbonyl (C=O) groups excluding carboxylic acids is 1. The number of hydrogen-bond acceptors (Lipinski definition) is 7. The summed E-state index contributed by atoms with van der Waals surface area (Å²) in [5.41, 5.74) is 8.90. The van der Waals surface area contributed by atoms with E-state index in [1.54, 1.807) is 22.8 Å². The van der Waals surface area contributed by atoms with Crippen molar-refractivity contribution in [1.29, 1.82) is 5.26 Å². The molecular weight excluding hydrogens is 434 g/mol. The number of aromatic nitrogens is 5. The van der Waals surface area contributed by atoms with Crippen LogP contribution in [0.3, 0.4) is 0 Å². The lowest BCUT2D eigenvalue weighted by atomic mass is 10.1. The maximum Gasteiger partial charge on any atom is 0.357 e. The van der Waals surface area contributed by atoms with Crippen LogP contribution in [-0.4, -0.2) is 37.2 Å². The number of nitrogens with two attached hydrogens (primary N) is 1. The average molecular weight is 453 g/mol. The van der Waals surface area contributed by atoms with Crippen LogP contribution in [0.25, 0.3) is 33.3 Å². The topological polar surface area (TPSA) is 134 Å². The second-order valence-electron chi connectivity index (χ2n) is 7.58. The Morgan fingerprint density at radius 1 is 1.15 bits per heavy atom. The van der Waals surface area contributed by atoms with Gasteiger partial charge in [0.15, 0.2) is 11.4 Å². The molecule has 0 saturated heterocycles.